The summed E-state index contributed by atoms with van der Waals surface area (Å²) in [5.74, 6) is 0.131. The number of benzene rings is 1. The predicted molar refractivity (Wildman–Crippen MR) is 106 cm³/mol. The van der Waals surface area contributed by atoms with E-state index in [1.54, 1.807) is 36.3 Å². The van der Waals surface area contributed by atoms with E-state index in [9.17, 15) is 19.5 Å². The summed E-state index contributed by atoms with van der Waals surface area (Å²) in [7, 11) is 1.54. The number of aliphatic hydroxyl groups is 1. The van der Waals surface area contributed by atoms with Gasteiger partial charge in [-0.3, -0.25) is 9.59 Å². The van der Waals surface area contributed by atoms with Gasteiger partial charge in [0.2, 0.25) is 5.91 Å². The molecule has 156 valence electrons. The number of fused-ring (bicyclic) bond motifs is 1. The first-order valence-electron chi connectivity index (χ1n) is 10.2. The molecule has 8 heteroatoms. The number of carbonyl (C=O) groups excluding carboxylic acids is 3. The first-order valence-corrected chi connectivity index (χ1v) is 10.2. The molecule has 2 N–H and O–H groups in total. The number of imide groups is 1. The molecular weight excluding hydrogens is 374 g/mol. The molecule has 1 saturated carbocycles. The van der Waals surface area contributed by atoms with Crippen LogP contribution in [0.25, 0.3) is 0 Å². The van der Waals surface area contributed by atoms with Crippen molar-refractivity contribution in [2.24, 2.45) is 5.92 Å². The molecule has 3 aliphatic rings. The highest BCUT2D eigenvalue weighted by Crippen LogP contribution is 2.40. The summed E-state index contributed by atoms with van der Waals surface area (Å²) in [5, 5.41) is 13.4. The SMILES string of the molecule is COc1ccc(N2C(=O)N[C@@H](CC(=O)N3CC[C@]4(O)CCCC[C@H]4C3)C2=O)cc1. The van der Waals surface area contributed by atoms with Crippen molar-refractivity contribution in [1.29, 1.82) is 0 Å². The number of nitrogens with one attached hydrogen (secondary N) is 1. The lowest BCUT2D eigenvalue weighted by Gasteiger charge is -2.47. The zero-order valence-corrected chi connectivity index (χ0v) is 16.6. The molecule has 0 aromatic heterocycles. The van der Waals surface area contributed by atoms with Crippen molar-refractivity contribution in [3.05, 3.63) is 24.3 Å². The molecule has 8 nitrogen and oxygen atoms in total. The molecule has 1 aromatic rings. The van der Waals surface area contributed by atoms with Crippen LogP contribution in [0, 0.1) is 5.92 Å². The van der Waals surface area contributed by atoms with Crippen molar-refractivity contribution < 1.29 is 24.2 Å². The number of methoxy groups -OCH3 is 1. The van der Waals surface area contributed by atoms with E-state index in [4.69, 9.17) is 4.74 Å². The van der Waals surface area contributed by atoms with Crippen LogP contribution >= 0.6 is 0 Å². The minimum absolute atomic E-state index is 0.0671. The number of hydrogen-bond donors (Lipinski definition) is 2. The minimum atomic E-state index is -0.871. The maximum atomic E-state index is 12.8. The van der Waals surface area contributed by atoms with Gasteiger partial charge in [-0.05, 0) is 43.5 Å². The molecule has 2 saturated heterocycles. The van der Waals surface area contributed by atoms with E-state index in [-0.39, 0.29) is 18.2 Å². The number of ether oxygens (including phenoxy) is 1. The predicted octanol–water partition coefficient (Wildman–Crippen LogP) is 1.66. The molecule has 4 rings (SSSR count). The highest BCUT2D eigenvalue weighted by Gasteiger charge is 2.45. The number of hydrogen-bond acceptors (Lipinski definition) is 5. The van der Waals surface area contributed by atoms with Crippen LogP contribution in [0.2, 0.25) is 0 Å². The number of piperidine rings is 1. The van der Waals surface area contributed by atoms with E-state index in [0.717, 1.165) is 30.6 Å². The fourth-order valence-corrected chi connectivity index (χ4v) is 4.75. The van der Waals surface area contributed by atoms with Crippen LogP contribution in [0.3, 0.4) is 0 Å². The molecule has 0 spiro atoms. The Morgan fingerprint density at radius 3 is 2.72 bits per heavy atom. The van der Waals surface area contributed by atoms with E-state index in [1.165, 1.54) is 0 Å². The molecule has 0 bridgehead atoms. The third kappa shape index (κ3) is 3.69. The number of anilines is 1. The second-order valence-corrected chi connectivity index (χ2v) is 8.21. The Labute approximate surface area is 169 Å². The molecule has 2 aliphatic heterocycles. The topological polar surface area (TPSA) is 99.2 Å². The lowest BCUT2D eigenvalue weighted by Crippen LogP contribution is -2.55. The van der Waals surface area contributed by atoms with Gasteiger partial charge in [0.1, 0.15) is 11.8 Å². The number of urea groups is 1. The number of carbonyl (C=O) groups is 3. The van der Waals surface area contributed by atoms with Gasteiger partial charge in [0, 0.05) is 19.0 Å². The Balaban J connectivity index is 1.40. The van der Waals surface area contributed by atoms with Gasteiger partial charge in [-0.25, -0.2) is 9.69 Å². The average molecular weight is 401 g/mol. The lowest BCUT2D eigenvalue weighted by atomic mass is 9.71. The van der Waals surface area contributed by atoms with Gasteiger partial charge in [-0.1, -0.05) is 12.8 Å². The molecule has 3 atom stereocenters. The zero-order valence-electron chi connectivity index (χ0n) is 16.6. The van der Waals surface area contributed by atoms with Crippen LogP contribution in [0.1, 0.15) is 38.5 Å². The molecule has 0 unspecified atom stereocenters. The highest BCUT2D eigenvalue weighted by molar-refractivity contribution is 6.22. The Morgan fingerprint density at radius 2 is 2.00 bits per heavy atom. The summed E-state index contributed by atoms with van der Waals surface area (Å²) in [6.07, 6.45) is 4.33. The number of nitrogens with zero attached hydrogens (tertiary/aromatic N) is 2. The first kappa shape index (κ1) is 19.7. The quantitative estimate of drug-likeness (QED) is 0.748. The van der Waals surface area contributed by atoms with Gasteiger partial charge in [0.25, 0.3) is 5.91 Å². The second kappa shape index (κ2) is 7.67. The average Bonchev–Trinajstić information content (AvgIpc) is 3.00. The normalized spacial score (nSPS) is 29.4. The van der Waals surface area contributed by atoms with Gasteiger partial charge in [0.05, 0.1) is 24.8 Å². The zero-order chi connectivity index (χ0) is 20.6. The summed E-state index contributed by atoms with van der Waals surface area (Å²) in [5.41, 5.74) is -0.217. The lowest BCUT2D eigenvalue weighted by molar-refractivity contribution is -0.144. The fourth-order valence-electron chi connectivity index (χ4n) is 4.75. The standard InChI is InChI=1S/C21H27N3O5/c1-29-16-7-5-15(6-8-16)24-19(26)17(22-20(24)27)12-18(25)23-11-10-21(28)9-3-2-4-14(21)13-23/h5-8,14,17,28H,2-4,9-13H2,1H3,(H,22,27)/t14-,17-,21+/m0/s1. The molecule has 3 fully saturated rings. The van der Waals surface area contributed by atoms with Crippen LogP contribution in [0.4, 0.5) is 10.5 Å². The monoisotopic (exact) mass is 401 g/mol. The van der Waals surface area contributed by atoms with Gasteiger partial charge in [0.15, 0.2) is 0 Å². The van der Waals surface area contributed by atoms with Crippen molar-refractivity contribution in [2.75, 3.05) is 25.1 Å². The number of likely N-dealkylation sites (tertiary alicyclic amines) is 1. The summed E-state index contributed by atoms with van der Waals surface area (Å²) >= 11 is 0. The fraction of sp³-hybridized carbons (Fsp3) is 0.571. The maximum absolute atomic E-state index is 12.8. The Kier molecular flexibility index (Phi) is 5.21. The Morgan fingerprint density at radius 1 is 1.24 bits per heavy atom. The van der Waals surface area contributed by atoms with Crippen molar-refractivity contribution in [3.8, 4) is 5.75 Å². The van der Waals surface area contributed by atoms with E-state index in [2.05, 4.69) is 5.32 Å². The Hall–Kier alpha value is -2.61. The molecule has 4 amide bonds. The van der Waals surface area contributed by atoms with Gasteiger partial charge >= 0.3 is 6.03 Å². The van der Waals surface area contributed by atoms with Gasteiger partial charge < -0.3 is 20.1 Å². The second-order valence-electron chi connectivity index (χ2n) is 8.21. The molecule has 29 heavy (non-hydrogen) atoms. The van der Waals surface area contributed by atoms with Crippen molar-refractivity contribution in [1.82, 2.24) is 10.2 Å². The summed E-state index contributed by atoms with van der Waals surface area (Å²) in [6.45, 7) is 1.01. The third-order valence-electron chi connectivity index (χ3n) is 6.51. The van der Waals surface area contributed by atoms with Crippen molar-refractivity contribution in [2.45, 2.75) is 50.2 Å². The summed E-state index contributed by atoms with van der Waals surface area (Å²) < 4.78 is 5.10. The molecule has 0 radical (unpaired) electrons. The van der Waals surface area contributed by atoms with Crippen LogP contribution in [0.5, 0.6) is 5.75 Å². The molecule has 1 aromatic carbocycles. The van der Waals surface area contributed by atoms with E-state index < -0.39 is 23.6 Å². The van der Waals surface area contributed by atoms with Crippen LogP contribution < -0.4 is 15.0 Å². The van der Waals surface area contributed by atoms with E-state index in [1.807, 2.05) is 0 Å². The maximum Gasteiger partial charge on any atom is 0.329 e. The first-order chi connectivity index (χ1) is 13.9. The van der Waals surface area contributed by atoms with E-state index in [0.29, 0.717) is 30.9 Å². The van der Waals surface area contributed by atoms with Crippen LogP contribution in [0.15, 0.2) is 24.3 Å². The summed E-state index contributed by atoms with van der Waals surface area (Å²) in [6, 6.07) is 5.22. The van der Waals surface area contributed by atoms with Crippen molar-refractivity contribution in [3.63, 3.8) is 0 Å². The van der Waals surface area contributed by atoms with Gasteiger partial charge in [-0.2, -0.15) is 0 Å². The highest BCUT2D eigenvalue weighted by atomic mass is 16.5. The van der Waals surface area contributed by atoms with E-state index >= 15 is 0 Å². The van der Waals surface area contributed by atoms with Crippen molar-refractivity contribution >= 4 is 23.5 Å². The molecule has 2 heterocycles. The largest absolute Gasteiger partial charge is 0.497 e. The molecular formula is C21H27N3O5. The molecule has 1 aliphatic carbocycles. The van der Waals surface area contributed by atoms with Crippen LogP contribution in [-0.4, -0.2) is 59.7 Å². The number of amides is 4. The number of rotatable bonds is 4. The smallest absolute Gasteiger partial charge is 0.329 e. The summed E-state index contributed by atoms with van der Waals surface area (Å²) in [4.78, 5) is 40.7. The third-order valence-corrected chi connectivity index (χ3v) is 6.51. The minimum Gasteiger partial charge on any atom is -0.497 e. The van der Waals surface area contributed by atoms with Gasteiger partial charge in [-0.15, -0.1) is 0 Å². The van der Waals surface area contributed by atoms with Crippen LogP contribution in [-0.2, 0) is 9.59 Å². The Bertz CT molecular complexity index is 811.